The van der Waals surface area contributed by atoms with Crippen LogP contribution in [-0.2, 0) is 10.8 Å². The van der Waals surface area contributed by atoms with E-state index in [0.29, 0.717) is 12.1 Å². The van der Waals surface area contributed by atoms with Crippen molar-refractivity contribution in [1.82, 2.24) is 10.6 Å². The van der Waals surface area contributed by atoms with E-state index in [0.717, 1.165) is 13.1 Å². The van der Waals surface area contributed by atoms with Crippen LogP contribution in [0.4, 0.5) is 0 Å². The van der Waals surface area contributed by atoms with Gasteiger partial charge < -0.3 is 10.6 Å². The predicted octanol–water partition coefficient (Wildman–Crippen LogP) is 9.96. The van der Waals surface area contributed by atoms with Gasteiger partial charge >= 0.3 is 0 Å². The zero-order chi connectivity index (χ0) is 33.2. The summed E-state index contributed by atoms with van der Waals surface area (Å²) in [5, 5.41) is 7.54. The quantitative estimate of drug-likeness (QED) is 0.226. The van der Waals surface area contributed by atoms with E-state index < -0.39 is 0 Å². The molecular formula is C44H58N2. The second-order valence-electron chi connectivity index (χ2n) is 15.2. The Kier molecular flexibility index (Phi) is 10.3. The Morgan fingerprint density at radius 1 is 0.391 bits per heavy atom. The van der Waals surface area contributed by atoms with Gasteiger partial charge in [0.05, 0.1) is 0 Å². The van der Waals surface area contributed by atoms with Crippen LogP contribution in [0.5, 0.6) is 0 Å². The molecular weight excluding hydrogens is 556 g/mol. The Bertz CT molecular complexity index is 1360. The summed E-state index contributed by atoms with van der Waals surface area (Å²) in [6.07, 6.45) is 5.04. The maximum Gasteiger partial charge on any atom is 0.0328 e. The van der Waals surface area contributed by atoms with Gasteiger partial charge in [-0.2, -0.15) is 0 Å². The van der Waals surface area contributed by atoms with Gasteiger partial charge in [-0.3, -0.25) is 0 Å². The predicted molar refractivity (Wildman–Crippen MR) is 199 cm³/mol. The van der Waals surface area contributed by atoms with Crippen LogP contribution in [0.15, 0.2) is 72.8 Å². The SMILES string of the molecule is Cc1cc(C)cc(C(C)(c2cc(C)cc(C)c2)C2CCCN2)c1.Cc1cc(C)cc(C(C)(c2cc(C)cc(C)c2)[C@H]2CCCN2)c1. The van der Waals surface area contributed by atoms with Gasteiger partial charge in [0.15, 0.2) is 0 Å². The maximum absolute atomic E-state index is 3.77. The summed E-state index contributed by atoms with van der Waals surface area (Å²) in [7, 11) is 0. The third-order valence-electron chi connectivity index (χ3n) is 10.8. The Balaban J connectivity index is 0.000000181. The van der Waals surface area contributed by atoms with Crippen LogP contribution in [0, 0.1) is 55.4 Å². The molecule has 6 rings (SSSR count). The van der Waals surface area contributed by atoms with Crippen LogP contribution < -0.4 is 10.6 Å². The van der Waals surface area contributed by atoms with Gasteiger partial charge in [0.2, 0.25) is 0 Å². The van der Waals surface area contributed by atoms with Crippen LogP contribution in [0.25, 0.3) is 0 Å². The third kappa shape index (κ3) is 7.19. The van der Waals surface area contributed by atoms with Crippen LogP contribution in [0.3, 0.4) is 0 Å². The van der Waals surface area contributed by atoms with E-state index >= 15 is 0 Å². The molecule has 1 unspecified atom stereocenters. The van der Waals surface area contributed by atoms with Gasteiger partial charge in [0.25, 0.3) is 0 Å². The smallest absolute Gasteiger partial charge is 0.0328 e. The minimum atomic E-state index is 0.0179. The summed E-state index contributed by atoms with van der Waals surface area (Å²) in [5.74, 6) is 0. The van der Waals surface area contributed by atoms with Crippen molar-refractivity contribution in [2.24, 2.45) is 0 Å². The summed E-state index contributed by atoms with van der Waals surface area (Å²) in [6, 6.07) is 29.1. The highest BCUT2D eigenvalue weighted by Gasteiger charge is 2.40. The van der Waals surface area contributed by atoms with Crippen molar-refractivity contribution in [2.75, 3.05) is 13.1 Å². The van der Waals surface area contributed by atoms with Crippen molar-refractivity contribution in [2.45, 2.75) is 118 Å². The standard InChI is InChI=1S/2C22H29N/c2*1-15-9-16(2)12-19(11-15)22(5,21-7-6-8-23-21)20-13-17(3)10-18(4)14-20/h2*9-14,21,23H,6-8H2,1-5H3/t21-;/m1./s1. The van der Waals surface area contributed by atoms with Gasteiger partial charge in [-0.15, -0.1) is 0 Å². The van der Waals surface area contributed by atoms with Crippen LogP contribution in [-0.4, -0.2) is 25.2 Å². The van der Waals surface area contributed by atoms with E-state index in [1.807, 2.05) is 0 Å². The monoisotopic (exact) mass is 614 g/mol. The maximum atomic E-state index is 3.77. The fraction of sp³-hybridized carbons (Fsp3) is 0.455. The number of nitrogens with one attached hydrogen (secondary N) is 2. The molecule has 2 heterocycles. The number of hydrogen-bond acceptors (Lipinski definition) is 2. The molecule has 2 atom stereocenters. The lowest BCUT2D eigenvalue weighted by Gasteiger charge is -2.38. The molecule has 0 aliphatic carbocycles. The van der Waals surface area contributed by atoms with Crippen LogP contribution in [0.1, 0.15) is 106 Å². The molecule has 2 N–H and O–H groups in total. The van der Waals surface area contributed by atoms with Crippen molar-refractivity contribution in [3.8, 4) is 0 Å². The Morgan fingerprint density at radius 2 is 0.609 bits per heavy atom. The molecule has 0 saturated carbocycles. The van der Waals surface area contributed by atoms with Gasteiger partial charge in [0, 0.05) is 22.9 Å². The van der Waals surface area contributed by atoms with E-state index in [2.05, 4.69) is 153 Å². The zero-order valence-electron chi connectivity index (χ0n) is 30.3. The first-order valence-corrected chi connectivity index (χ1v) is 17.6. The fourth-order valence-corrected chi connectivity index (χ4v) is 8.59. The molecule has 0 radical (unpaired) electrons. The molecule has 2 fully saturated rings. The lowest BCUT2D eigenvalue weighted by Crippen LogP contribution is -2.44. The summed E-state index contributed by atoms with van der Waals surface area (Å²) in [5.41, 5.74) is 16.7. The van der Waals surface area contributed by atoms with Gasteiger partial charge in [-0.05, 0) is 130 Å². The van der Waals surface area contributed by atoms with Crippen LogP contribution in [0.2, 0.25) is 0 Å². The summed E-state index contributed by atoms with van der Waals surface area (Å²) in [4.78, 5) is 0. The van der Waals surface area contributed by atoms with Crippen LogP contribution >= 0.6 is 0 Å². The topological polar surface area (TPSA) is 24.1 Å². The molecule has 2 saturated heterocycles. The molecule has 0 bridgehead atoms. The molecule has 2 aliphatic rings. The largest absolute Gasteiger partial charge is 0.313 e. The van der Waals surface area contributed by atoms with E-state index in [4.69, 9.17) is 0 Å². The van der Waals surface area contributed by atoms with Crippen molar-refractivity contribution >= 4 is 0 Å². The summed E-state index contributed by atoms with van der Waals surface area (Å²) in [6.45, 7) is 24.8. The zero-order valence-corrected chi connectivity index (χ0v) is 30.3. The van der Waals surface area contributed by atoms with Crippen molar-refractivity contribution < 1.29 is 0 Å². The van der Waals surface area contributed by atoms with Crippen molar-refractivity contribution in [3.63, 3.8) is 0 Å². The number of aryl methyl sites for hydroxylation is 8. The molecule has 2 nitrogen and oxygen atoms in total. The molecule has 2 aliphatic heterocycles. The van der Waals surface area contributed by atoms with Crippen molar-refractivity contribution in [1.29, 1.82) is 0 Å². The molecule has 0 amide bonds. The average molecular weight is 615 g/mol. The average Bonchev–Trinajstić information content (AvgIpc) is 3.70. The second kappa shape index (κ2) is 13.9. The first-order valence-electron chi connectivity index (χ1n) is 17.6. The first-order chi connectivity index (χ1) is 21.8. The van der Waals surface area contributed by atoms with Gasteiger partial charge in [-0.1, -0.05) is 117 Å². The van der Waals surface area contributed by atoms with Crippen molar-refractivity contribution in [3.05, 3.63) is 140 Å². The minimum Gasteiger partial charge on any atom is -0.313 e. The second-order valence-corrected chi connectivity index (χ2v) is 15.2. The fourth-order valence-electron chi connectivity index (χ4n) is 8.59. The molecule has 244 valence electrons. The minimum absolute atomic E-state index is 0.0179. The lowest BCUT2D eigenvalue weighted by atomic mass is 9.69. The molecule has 0 spiro atoms. The summed E-state index contributed by atoms with van der Waals surface area (Å²) < 4.78 is 0. The highest BCUT2D eigenvalue weighted by Crippen LogP contribution is 2.41. The van der Waals surface area contributed by atoms with E-state index in [-0.39, 0.29) is 10.8 Å². The first kappa shape index (κ1) is 34.1. The number of benzene rings is 4. The highest BCUT2D eigenvalue weighted by atomic mass is 15.0. The Labute approximate surface area is 280 Å². The van der Waals surface area contributed by atoms with E-state index in [1.165, 1.54) is 92.4 Å². The van der Waals surface area contributed by atoms with Gasteiger partial charge in [0.1, 0.15) is 0 Å². The Morgan fingerprint density at radius 3 is 0.783 bits per heavy atom. The normalized spacial score (nSPS) is 18.4. The molecule has 2 heteroatoms. The third-order valence-corrected chi connectivity index (χ3v) is 10.8. The molecule has 4 aromatic rings. The van der Waals surface area contributed by atoms with E-state index in [1.54, 1.807) is 0 Å². The van der Waals surface area contributed by atoms with E-state index in [9.17, 15) is 0 Å². The number of hydrogen-bond donors (Lipinski definition) is 2. The lowest BCUT2D eigenvalue weighted by molar-refractivity contribution is 0.406. The molecule has 4 aromatic carbocycles. The Hall–Kier alpha value is -3.20. The van der Waals surface area contributed by atoms with Gasteiger partial charge in [-0.25, -0.2) is 0 Å². The molecule has 0 aromatic heterocycles. The molecule has 46 heavy (non-hydrogen) atoms. The highest BCUT2D eigenvalue weighted by molar-refractivity contribution is 5.48. The number of rotatable bonds is 6. The summed E-state index contributed by atoms with van der Waals surface area (Å²) >= 11 is 0.